The van der Waals surface area contributed by atoms with E-state index in [2.05, 4.69) is 0 Å². The molecule has 0 bridgehead atoms. The first-order chi connectivity index (χ1) is 12.4. The Morgan fingerprint density at radius 1 is 1.00 bits per heavy atom. The van der Waals surface area contributed by atoms with Gasteiger partial charge in [0.05, 0.1) is 0 Å². The van der Waals surface area contributed by atoms with Gasteiger partial charge < -0.3 is 9.84 Å². The van der Waals surface area contributed by atoms with E-state index in [0.29, 0.717) is 10.6 Å². The molecule has 0 saturated heterocycles. The van der Waals surface area contributed by atoms with Crippen LogP contribution in [0.5, 0.6) is 0 Å². The molecule has 3 rings (SSSR count). The molecule has 6 heteroatoms. The minimum Gasteiger partial charge on any atom is -0.481 e. The number of ether oxygens (including phenoxy) is 1. The van der Waals surface area contributed by atoms with Gasteiger partial charge in [0.2, 0.25) is 0 Å². The van der Waals surface area contributed by atoms with Crippen molar-refractivity contribution >= 4 is 29.3 Å². The van der Waals surface area contributed by atoms with E-state index in [9.17, 15) is 19.5 Å². The van der Waals surface area contributed by atoms with E-state index in [1.807, 2.05) is 24.3 Å². The van der Waals surface area contributed by atoms with Gasteiger partial charge in [0.15, 0.2) is 5.78 Å². The third-order valence-electron chi connectivity index (χ3n) is 4.61. The maximum absolute atomic E-state index is 12.6. The van der Waals surface area contributed by atoms with Gasteiger partial charge in [-0.2, -0.15) is 0 Å². The summed E-state index contributed by atoms with van der Waals surface area (Å²) in [4.78, 5) is 35.1. The van der Waals surface area contributed by atoms with Crippen molar-refractivity contribution in [1.82, 2.24) is 0 Å². The summed E-state index contributed by atoms with van der Waals surface area (Å²) >= 11 is 5.88. The maximum Gasteiger partial charge on any atom is 0.311 e. The van der Waals surface area contributed by atoms with Gasteiger partial charge in [-0.05, 0) is 29.7 Å². The molecule has 1 aliphatic rings. The normalized spacial score (nSPS) is 21.5. The lowest BCUT2D eigenvalue weighted by Crippen LogP contribution is -2.51. The lowest BCUT2D eigenvalue weighted by Gasteiger charge is -2.39. The van der Waals surface area contributed by atoms with Gasteiger partial charge in [-0.3, -0.25) is 14.4 Å². The van der Waals surface area contributed by atoms with Crippen LogP contribution in [0.4, 0.5) is 0 Å². The van der Waals surface area contributed by atoms with Crippen molar-refractivity contribution in [3.63, 3.8) is 0 Å². The molecular formula is C20H17ClO5. The number of rotatable bonds is 5. The molecule has 3 atom stereocenters. The minimum absolute atomic E-state index is 0.230. The Kier molecular flexibility index (Phi) is 5.09. The number of Topliss-reactive ketones (excluding diaryl/α,β-unsaturated/α-hetero) is 1. The Balaban J connectivity index is 1.75. The van der Waals surface area contributed by atoms with Crippen molar-refractivity contribution in [2.45, 2.75) is 19.4 Å². The van der Waals surface area contributed by atoms with E-state index in [-0.39, 0.29) is 12.2 Å². The Morgan fingerprint density at radius 3 is 2.04 bits per heavy atom. The second-order valence-electron chi connectivity index (χ2n) is 6.30. The minimum atomic E-state index is -1.13. The average molecular weight is 373 g/mol. The molecule has 0 aliphatic heterocycles. The largest absolute Gasteiger partial charge is 0.481 e. The number of ketones is 1. The van der Waals surface area contributed by atoms with Crippen molar-refractivity contribution in [2.24, 2.45) is 11.8 Å². The molecule has 0 aromatic heterocycles. The Hall–Kier alpha value is -2.66. The number of carbonyl (C=O) groups is 3. The second-order valence-corrected chi connectivity index (χ2v) is 6.74. The molecule has 134 valence electrons. The van der Waals surface area contributed by atoms with Crippen LogP contribution in [0.15, 0.2) is 48.5 Å². The highest BCUT2D eigenvalue weighted by Gasteiger charge is 2.51. The molecule has 5 nitrogen and oxygen atoms in total. The van der Waals surface area contributed by atoms with Gasteiger partial charge in [-0.15, -0.1) is 0 Å². The second kappa shape index (κ2) is 7.30. The van der Waals surface area contributed by atoms with Gasteiger partial charge in [-0.25, -0.2) is 0 Å². The molecule has 0 heterocycles. The van der Waals surface area contributed by atoms with Crippen molar-refractivity contribution in [2.75, 3.05) is 0 Å². The maximum atomic E-state index is 12.6. The zero-order valence-corrected chi connectivity index (χ0v) is 14.8. The summed E-state index contributed by atoms with van der Waals surface area (Å²) in [6.45, 7) is 1.23. The van der Waals surface area contributed by atoms with E-state index in [0.717, 1.165) is 11.1 Å². The number of aliphatic carboxylic acids is 1. The highest BCUT2D eigenvalue weighted by Crippen LogP contribution is 2.40. The molecule has 0 amide bonds. The number of hydrogen-bond acceptors (Lipinski definition) is 4. The number of carbonyl (C=O) groups excluding carboxylic acids is 2. The number of esters is 1. The first-order valence-electron chi connectivity index (χ1n) is 8.17. The fourth-order valence-corrected chi connectivity index (χ4v) is 3.35. The van der Waals surface area contributed by atoms with Gasteiger partial charge in [0.25, 0.3) is 0 Å². The third kappa shape index (κ3) is 3.63. The topological polar surface area (TPSA) is 80.7 Å². The highest BCUT2D eigenvalue weighted by molar-refractivity contribution is 6.30. The van der Waals surface area contributed by atoms with Crippen LogP contribution in [0.25, 0.3) is 11.1 Å². The number of halogens is 1. The SMILES string of the molecule is CC(=O)O[C@H]1C[C@H](C(=O)c2ccc(-c3ccc(Cl)cc3)cc2)[C@H]1C(=O)O. The van der Waals surface area contributed by atoms with E-state index in [1.54, 1.807) is 24.3 Å². The fourth-order valence-electron chi connectivity index (χ4n) is 3.23. The molecular weight excluding hydrogens is 356 g/mol. The van der Waals surface area contributed by atoms with Gasteiger partial charge in [0, 0.05) is 23.4 Å². The molecule has 2 aromatic carbocycles. The molecule has 1 aliphatic carbocycles. The van der Waals surface area contributed by atoms with Gasteiger partial charge in [-0.1, -0.05) is 48.0 Å². The summed E-state index contributed by atoms with van der Waals surface area (Å²) in [5.74, 6) is -3.60. The molecule has 26 heavy (non-hydrogen) atoms. The van der Waals surface area contributed by atoms with Crippen LogP contribution in [0.3, 0.4) is 0 Å². The van der Waals surface area contributed by atoms with Gasteiger partial charge >= 0.3 is 11.9 Å². The average Bonchev–Trinajstić information content (AvgIpc) is 2.58. The number of benzene rings is 2. The molecule has 1 fully saturated rings. The van der Waals surface area contributed by atoms with Crippen LogP contribution in [0.2, 0.25) is 5.02 Å². The van der Waals surface area contributed by atoms with E-state index in [1.165, 1.54) is 6.92 Å². The first kappa shape index (κ1) is 18.1. The Bertz CT molecular complexity index is 842. The lowest BCUT2D eigenvalue weighted by molar-refractivity contribution is -0.170. The quantitative estimate of drug-likeness (QED) is 0.637. The highest BCUT2D eigenvalue weighted by atomic mass is 35.5. The standard InChI is InChI=1S/C20H17ClO5/c1-11(22)26-17-10-16(18(17)20(24)25)19(23)14-4-2-12(3-5-14)13-6-8-15(21)9-7-13/h2-9,16-18H,10H2,1H3,(H,24,25)/t16-,17-,18+/m0/s1. The lowest BCUT2D eigenvalue weighted by atomic mass is 9.67. The summed E-state index contributed by atoms with van der Waals surface area (Å²) in [6.07, 6.45) is -0.513. The summed E-state index contributed by atoms with van der Waals surface area (Å²) in [5, 5.41) is 9.99. The van der Waals surface area contributed by atoms with Gasteiger partial charge in [0.1, 0.15) is 12.0 Å². The van der Waals surface area contributed by atoms with E-state index in [4.69, 9.17) is 16.3 Å². The third-order valence-corrected chi connectivity index (χ3v) is 4.86. The summed E-state index contributed by atoms with van der Waals surface area (Å²) < 4.78 is 4.98. The zero-order chi connectivity index (χ0) is 18.8. The van der Waals surface area contributed by atoms with Crippen LogP contribution in [0.1, 0.15) is 23.7 Å². The number of hydrogen-bond donors (Lipinski definition) is 1. The predicted octanol–water partition coefficient (Wildman–Crippen LogP) is 3.84. The van der Waals surface area contributed by atoms with E-state index >= 15 is 0 Å². The first-order valence-corrected chi connectivity index (χ1v) is 8.55. The molecule has 2 aromatic rings. The summed E-state index contributed by atoms with van der Waals surface area (Å²) in [7, 11) is 0. The van der Waals surface area contributed by atoms with E-state index < -0.39 is 29.9 Å². The molecule has 0 spiro atoms. The predicted molar refractivity (Wildman–Crippen MR) is 96.0 cm³/mol. The molecule has 1 N–H and O–H groups in total. The summed E-state index contributed by atoms with van der Waals surface area (Å²) in [6, 6.07) is 14.3. The van der Waals surface area contributed by atoms with Crippen molar-refractivity contribution in [3.8, 4) is 11.1 Å². The molecule has 0 radical (unpaired) electrons. The molecule has 0 unspecified atom stereocenters. The number of carboxylic acids is 1. The van der Waals surface area contributed by atoms with Crippen molar-refractivity contribution in [3.05, 3.63) is 59.1 Å². The summed E-state index contributed by atoms with van der Waals surface area (Å²) in [5.41, 5.74) is 2.34. The Morgan fingerprint density at radius 2 is 1.54 bits per heavy atom. The number of carboxylic acid groups (broad SMARTS) is 1. The van der Waals surface area contributed by atoms with Crippen LogP contribution < -0.4 is 0 Å². The van der Waals surface area contributed by atoms with Crippen LogP contribution in [0, 0.1) is 11.8 Å². The monoisotopic (exact) mass is 372 g/mol. The Labute approximate surface area is 155 Å². The van der Waals surface area contributed by atoms with Crippen LogP contribution in [-0.2, 0) is 14.3 Å². The zero-order valence-electron chi connectivity index (χ0n) is 14.0. The van der Waals surface area contributed by atoms with Crippen LogP contribution >= 0.6 is 11.6 Å². The fraction of sp³-hybridized carbons (Fsp3) is 0.250. The van der Waals surface area contributed by atoms with Crippen molar-refractivity contribution < 1.29 is 24.2 Å². The molecule has 1 saturated carbocycles. The smallest absolute Gasteiger partial charge is 0.311 e. The van der Waals surface area contributed by atoms with Crippen LogP contribution in [-0.4, -0.2) is 28.9 Å². The van der Waals surface area contributed by atoms with Crippen molar-refractivity contribution in [1.29, 1.82) is 0 Å².